The topological polar surface area (TPSA) is 63.7 Å². The van der Waals surface area contributed by atoms with Crippen LogP contribution in [0.4, 0.5) is 0 Å². The van der Waals surface area contributed by atoms with Gasteiger partial charge in [0, 0.05) is 47.7 Å². The van der Waals surface area contributed by atoms with Crippen LogP contribution in [-0.4, -0.2) is 55.2 Å². The van der Waals surface area contributed by atoms with Crippen molar-refractivity contribution in [3.05, 3.63) is 70.2 Å². The van der Waals surface area contributed by atoms with Gasteiger partial charge in [0.05, 0.1) is 13.2 Å². The molecule has 0 saturated carbocycles. The zero-order valence-corrected chi connectivity index (χ0v) is 18.6. The molecule has 1 aromatic heterocycles. The maximum Gasteiger partial charge on any atom is 0.270 e. The van der Waals surface area contributed by atoms with Crippen LogP contribution in [0.15, 0.2) is 53.9 Å². The first-order valence-electron chi connectivity index (χ1n) is 10.2. The molecule has 0 aliphatic carbocycles. The predicted octanol–water partition coefficient (Wildman–Crippen LogP) is 4.10. The molecule has 0 radical (unpaired) electrons. The monoisotopic (exact) mass is 457 g/mol. The Kier molecular flexibility index (Phi) is 7.53. The van der Waals surface area contributed by atoms with Crippen LogP contribution in [0.25, 0.3) is 10.6 Å². The van der Waals surface area contributed by atoms with Crippen molar-refractivity contribution < 1.29 is 14.3 Å². The van der Waals surface area contributed by atoms with Gasteiger partial charge in [-0.05, 0) is 18.2 Å². The molecule has 1 fully saturated rings. The summed E-state index contributed by atoms with van der Waals surface area (Å²) >= 11 is 7.64. The zero-order chi connectivity index (χ0) is 21.5. The van der Waals surface area contributed by atoms with Crippen molar-refractivity contribution in [2.75, 3.05) is 39.4 Å². The molecule has 0 spiro atoms. The number of carbonyl (C=O) groups is 1. The molecule has 31 heavy (non-hydrogen) atoms. The summed E-state index contributed by atoms with van der Waals surface area (Å²) in [5, 5.41) is 6.20. The minimum atomic E-state index is -0.151. The third-order valence-corrected chi connectivity index (χ3v) is 6.25. The number of rotatable bonds is 8. The van der Waals surface area contributed by atoms with Gasteiger partial charge in [-0.15, -0.1) is 11.3 Å². The highest BCUT2D eigenvalue weighted by Crippen LogP contribution is 2.28. The molecule has 6 nitrogen and oxygen atoms in total. The van der Waals surface area contributed by atoms with Gasteiger partial charge in [0.1, 0.15) is 23.1 Å². The smallest absolute Gasteiger partial charge is 0.270 e. The van der Waals surface area contributed by atoms with Gasteiger partial charge in [-0.3, -0.25) is 9.69 Å². The van der Waals surface area contributed by atoms with E-state index in [1.165, 1.54) is 11.3 Å². The average molecular weight is 458 g/mol. The summed E-state index contributed by atoms with van der Waals surface area (Å²) in [6.07, 6.45) is 0. The second kappa shape index (κ2) is 10.7. The molecular weight excluding hydrogens is 434 g/mol. The summed E-state index contributed by atoms with van der Waals surface area (Å²) in [4.78, 5) is 19.2. The Morgan fingerprint density at radius 2 is 2.03 bits per heavy atom. The second-order valence-electron chi connectivity index (χ2n) is 7.16. The zero-order valence-electron chi connectivity index (χ0n) is 17.1. The number of halogens is 1. The van der Waals surface area contributed by atoms with Gasteiger partial charge in [-0.1, -0.05) is 41.9 Å². The van der Waals surface area contributed by atoms with Crippen LogP contribution in [0.3, 0.4) is 0 Å². The van der Waals surface area contributed by atoms with Gasteiger partial charge in [0.2, 0.25) is 0 Å². The van der Waals surface area contributed by atoms with Crippen molar-refractivity contribution in [3.63, 3.8) is 0 Å². The van der Waals surface area contributed by atoms with E-state index in [0.29, 0.717) is 23.9 Å². The maximum atomic E-state index is 12.4. The van der Waals surface area contributed by atoms with Crippen molar-refractivity contribution in [1.29, 1.82) is 0 Å². The average Bonchev–Trinajstić information content (AvgIpc) is 3.30. The lowest BCUT2D eigenvalue weighted by Gasteiger charge is -2.26. The van der Waals surface area contributed by atoms with E-state index in [4.69, 9.17) is 21.1 Å². The van der Waals surface area contributed by atoms with E-state index >= 15 is 0 Å². The summed E-state index contributed by atoms with van der Waals surface area (Å²) < 4.78 is 11.2. The number of aromatic nitrogens is 1. The fraction of sp³-hybridized carbons (Fsp3) is 0.304. The number of benzene rings is 2. The number of hydrogen-bond acceptors (Lipinski definition) is 6. The van der Waals surface area contributed by atoms with E-state index in [1.54, 1.807) is 5.38 Å². The van der Waals surface area contributed by atoms with Crippen LogP contribution in [0, 0.1) is 0 Å². The van der Waals surface area contributed by atoms with Crippen LogP contribution >= 0.6 is 22.9 Å². The van der Waals surface area contributed by atoms with E-state index in [-0.39, 0.29) is 5.91 Å². The Bertz CT molecular complexity index is 1020. The summed E-state index contributed by atoms with van der Waals surface area (Å²) in [6, 6.07) is 15.3. The second-order valence-corrected chi connectivity index (χ2v) is 8.42. The van der Waals surface area contributed by atoms with Crippen LogP contribution in [0.5, 0.6) is 5.75 Å². The number of amides is 1. The Morgan fingerprint density at radius 3 is 2.87 bits per heavy atom. The van der Waals surface area contributed by atoms with Crippen LogP contribution in [-0.2, 0) is 11.3 Å². The summed E-state index contributed by atoms with van der Waals surface area (Å²) in [6.45, 7) is 5.12. The molecule has 2 aromatic carbocycles. The van der Waals surface area contributed by atoms with Gasteiger partial charge >= 0.3 is 0 Å². The molecule has 0 unspecified atom stereocenters. The minimum absolute atomic E-state index is 0.151. The fourth-order valence-corrected chi connectivity index (χ4v) is 4.24. The quantitative estimate of drug-likeness (QED) is 0.551. The first-order chi connectivity index (χ1) is 15.2. The van der Waals surface area contributed by atoms with Gasteiger partial charge in [-0.2, -0.15) is 0 Å². The molecule has 1 amide bonds. The van der Waals surface area contributed by atoms with Gasteiger partial charge in [0.25, 0.3) is 5.91 Å². The van der Waals surface area contributed by atoms with E-state index < -0.39 is 0 Å². The highest BCUT2D eigenvalue weighted by Gasteiger charge is 2.14. The molecule has 162 valence electrons. The summed E-state index contributed by atoms with van der Waals surface area (Å²) in [5.41, 5.74) is 2.28. The molecule has 1 N–H and O–H groups in total. The molecule has 1 aliphatic heterocycles. The number of thiazole rings is 1. The Hall–Kier alpha value is -2.45. The van der Waals surface area contributed by atoms with Crippen LogP contribution in [0.2, 0.25) is 5.02 Å². The van der Waals surface area contributed by atoms with Crippen molar-refractivity contribution in [2.45, 2.75) is 6.61 Å². The summed E-state index contributed by atoms with van der Waals surface area (Å²) in [5.74, 6) is 0.575. The number of hydrogen-bond donors (Lipinski definition) is 1. The Morgan fingerprint density at radius 1 is 1.19 bits per heavy atom. The molecule has 3 aromatic rings. The molecule has 8 heteroatoms. The van der Waals surface area contributed by atoms with E-state index in [9.17, 15) is 4.79 Å². The third kappa shape index (κ3) is 6.04. The van der Waals surface area contributed by atoms with Crippen molar-refractivity contribution in [3.8, 4) is 16.3 Å². The molecule has 0 atom stereocenters. The van der Waals surface area contributed by atoms with Crippen LogP contribution < -0.4 is 10.1 Å². The third-order valence-electron chi connectivity index (χ3n) is 4.99. The first kappa shape index (κ1) is 21.8. The number of ether oxygens (including phenoxy) is 2. The highest BCUT2D eigenvalue weighted by molar-refractivity contribution is 7.13. The van der Waals surface area contributed by atoms with Gasteiger partial charge in [0.15, 0.2) is 0 Å². The number of nitrogens with zero attached hydrogens (tertiary/aromatic N) is 2. The molecular formula is C23H24ClN3O3S. The standard InChI is InChI=1S/C23H24ClN3O3S/c24-20-7-2-1-4-18(20)15-30-19-6-3-5-17(14-19)23-26-21(16-31-23)22(28)25-8-9-27-10-12-29-13-11-27/h1-7,14,16H,8-13,15H2,(H,25,28). The largest absolute Gasteiger partial charge is 0.489 e. The molecule has 1 saturated heterocycles. The number of nitrogens with one attached hydrogen (secondary N) is 1. The number of carbonyl (C=O) groups excluding carboxylic acids is 1. The Labute approximate surface area is 190 Å². The maximum absolute atomic E-state index is 12.4. The molecule has 0 bridgehead atoms. The summed E-state index contributed by atoms with van der Waals surface area (Å²) in [7, 11) is 0. The fourth-order valence-electron chi connectivity index (χ4n) is 3.25. The highest BCUT2D eigenvalue weighted by atomic mass is 35.5. The Balaban J connectivity index is 1.33. The van der Waals surface area contributed by atoms with Crippen molar-refractivity contribution in [1.82, 2.24) is 15.2 Å². The molecule has 1 aliphatic rings. The minimum Gasteiger partial charge on any atom is -0.489 e. The van der Waals surface area contributed by atoms with E-state index in [2.05, 4.69) is 15.2 Å². The van der Waals surface area contributed by atoms with Gasteiger partial charge in [-0.25, -0.2) is 4.98 Å². The normalized spacial score (nSPS) is 14.4. The van der Waals surface area contributed by atoms with Crippen molar-refractivity contribution in [2.24, 2.45) is 0 Å². The van der Waals surface area contributed by atoms with E-state index in [1.807, 2.05) is 48.5 Å². The molecule has 2 heterocycles. The number of morpholine rings is 1. The lowest BCUT2D eigenvalue weighted by Crippen LogP contribution is -2.41. The lowest BCUT2D eigenvalue weighted by molar-refractivity contribution is 0.0383. The SMILES string of the molecule is O=C(NCCN1CCOCC1)c1csc(-c2cccc(OCc3ccccc3Cl)c2)n1. The van der Waals surface area contributed by atoms with Gasteiger partial charge < -0.3 is 14.8 Å². The predicted molar refractivity (Wildman–Crippen MR) is 123 cm³/mol. The lowest BCUT2D eigenvalue weighted by atomic mass is 10.2. The first-order valence-corrected chi connectivity index (χ1v) is 11.5. The van der Waals surface area contributed by atoms with E-state index in [0.717, 1.165) is 54.7 Å². The van der Waals surface area contributed by atoms with Crippen molar-refractivity contribution >= 4 is 28.8 Å². The molecule has 4 rings (SSSR count). The van der Waals surface area contributed by atoms with Crippen LogP contribution in [0.1, 0.15) is 16.1 Å².